The van der Waals surface area contributed by atoms with E-state index in [1.165, 1.54) is 11.6 Å². The normalized spacial score (nSPS) is 10.9. The smallest absolute Gasteiger partial charge is 0.124 e. The quantitative estimate of drug-likeness (QED) is 0.835. The van der Waals surface area contributed by atoms with Gasteiger partial charge >= 0.3 is 0 Å². The summed E-state index contributed by atoms with van der Waals surface area (Å²) in [6, 6.07) is 9.04. The van der Waals surface area contributed by atoms with Gasteiger partial charge in [0, 0.05) is 30.0 Å². The average molecular weight is 323 g/mol. The molecule has 0 aliphatic heterocycles. The van der Waals surface area contributed by atoms with Crippen LogP contribution in [-0.2, 0) is 13.0 Å². The first-order valence-electron chi connectivity index (χ1n) is 6.16. The van der Waals surface area contributed by atoms with Gasteiger partial charge in [0.1, 0.15) is 5.82 Å². The second-order valence-electron chi connectivity index (χ2n) is 4.62. The van der Waals surface area contributed by atoms with E-state index < -0.39 is 0 Å². The van der Waals surface area contributed by atoms with E-state index in [2.05, 4.69) is 25.8 Å². The van der Waals surface area contributed by atoms with E-state index in [0.29, 0.717) is 0 Å². The summed E-state index contributed by atoms with van der Waals surface area (Å²) < 4.78 is 14.1. The van der Waals surface area contributed by atoms with Crippen molar-refractivity contribution in [2.75, 3.05) is 13.6 Å². The lowest BCUT2D eigenvalue weighted by molar-refractivity contribution is 0.330. The van der Waals surface area contributed by atoms with Crippen LogP contribution in [0, 0.1) is 5.82 Å². The molecule has 1 aromatic carbocycles. The molecule has 0 N–H and O–H groups in total. The van der Waals surface area contributed by atoms with Gasteiger partial charge in [-0.15, -0.1) is 0 Å². The molecule has 0 saturated heterocycles. The Balaban J connectivity index is 1.89. The lowest BCUT2D eigenvalue weighted by atomic mass is 10.1. The van der Waals surface area contributed by atoms with E-state index in [1.54, 1.807) is 18.5 Å². The Morgan fingerprint density at radius 1 is 1.16 bits per heavy atom. The molecule has 100 valence electrons. The van der Waals surface area contributed by atoms with Crippen molar-refractivity contribution in [1.82, 2.24) is 9.88 Å². The van der Waals surface area contributed by atoms with Gasteiger partial charge in [0.25, 0.3) is 0 Å². The molecule has 0 aliphatic carbocycles. The maximum absolute atomic E-state index is 13.3. The summed E-state index contributed by atoms with van der Waals surface area (Å²) in [6.07, 6.45) is 4.58. The van der Waals surface area contributed by atoms with E-state index >= 15 is 0 Å². The van der Waals surface area contributed by atoms with E-state index in [1.807, 2.05) is 25.2 Å². The minimum Gasteiger partial charge on any atom is -0.302 e. The topological polar surface area (TPSA) is 16.1 Å². The Labute approximate surface area is 121 Å². The molecule has 0 spiro atoms. The number of hydrogen-bond acceptors (Lipinski definition) is 2. The Morgan fingerprint density at radius 3 is 2.58 bits per heavy atom. The lowest BCUT2D eigenvalue weighted by Crippen LogP contribution is -2.20. The Kier molecular flexibility index (Phi) is 5.05. The number of hydrogen-bond donors (Lipinski definition) is 0. The minimum absolute atomic E-state index is 0.202. The van der Waals surface area contributed by atoms with Gasteiger partial charge in [0.05, 0.1) is 0 Å². The van der Waals surface area contributed by atoms with Gasteiger partial charge in [0.15, 0.2) is 0 Å². The molecule has 0 amide bonds. The number of benzene rings is 1. The number of halogens is 2. The third kappa shape index (κ3) is 4.73. The highest BCUT2D eigenvalue weighted by Crippen LogP contribution is 2.16. The second-order valence-corrected chi connectivity index (χ2v) is 5.54. The van der Waals surface area contributed by atoms with Crippen LogP contribution in [0.5, 0.6) is 0 Å². The molecule has 0 unspecified atom stereocenters. The second kappa shape index (κ2) is 6.78. The van der Waals surface area contributed by atoms with Crippen molar-refractivity contribution in [1.29, 1.82) is 0 Å². The first-order valence-corrected chi connectivity index (χ1v) is 6.95. The third-order valence-corrected chi connectivity index (χ3v) is 3.36. The summed E-state index contributed by atoms with van der Waals surface area (Å²) >= 11 is 3.31. The maximum atomic E-state index is 13.3. The third-order valence-electron chi connectivity index (χ3n) is 2.91. The molecule has 2 nitrogen and oxygen atoms in total. The Bertz CT molecular complexity index is 511. The van der Waals surface area contributed by atoms with Gasteiger partial charge < -0.3 is 4.90 Å². The predicted octanol–water partition coefficient (Wildman–Crippen LogP) is 3.66. The van der Waals surface area contributed by atoms with Gasteiger partial charge in [-0.2, -0.15) is 0 Å². The van der Waals surface area contributed by atoms with E-state index in [9.17, 15) is 4.39 Å². The molecule has 2 rings (SSSR count). The van der Waals surface area contributed by atoms with Crippen LogP contribution in [0.4, 0.5) is 4.39 Å². The number of aromatic nitrogens is 1. The van der Waals surface area contributed by atoms with Gasteiger partial charge in [-0.3, -0.25) is 4.98 Å². The molecule has 1 heterocycles. The molecule has 0 fully saturated rings. The number of rotatable bonds is 5. The number of likely N-dealkylation sites (N-methyl/N-ethyl adjacent to an activating group) is 1. The average Bonchev–Trinajstić information content (AvgIpc) is 2.36. The first kappa shape index (κ1) is 14.2. The van der Waals surface area contributed by atoms with Crippen molar-refractivity contribution in [3.05, 3.63) is 64.1 Å². The van der Waals surface area contributed by atoms with Crippen molar-refractivity contribution in [2.24, 2.45) is 0 Å². The molecule has 0 aliphatic rings. The van der Waals surface area contributed by atoms with Crippen LogP contribution in [0.25, 0.3) is 0 Å². The Hall–Kier alpha value is -1.26. The molecule has 0 saturated carbocycles. The summed E-state index contributed by atoms with van der Waals surface area (Å²) in [7, 11) is 2.04. The zero-order valence-electron chi connectivity index (χ0n) is 10.8. The monoisotopic (exact) mass is 322 g/mol. The SMILES string of the molecule is CN(CCc1ccncc1)Cc1cc(F)cc(Br)c1. The largest absolute Gasteiger partial charge is 0.302 e. The molecule has 0 bridgehead atoms. The highest BCUT2D eigenvalue weighted by Gasteiger charge is 2.04. The van der Waals surface area contributed by atoms with Gasteiger partial charge in [-0.25, -0.2) is 4.39 Å². The van der Waals surface area contributed by atoms with Crippen molar-refractivity contribution >= 4 is 15.9 Å². The molecule has 0 radical (unpaired) electrons. The Morgan fingerprint density at radius 2 is 1.89 bits per heavy atom. The van der Waals surface area contributed by atoms with Crippen LogP contribution in [0.3, 0.4) is 0 Å². The summed E-state index contributed by atoms with van der Waals surface area (Å²) in [6.45, 7) is 1.67. The molecular formula is C15H16BrFN2. The van der Waals surface area contributed by atoms with Crippen LogP contribution < -0.4 is 0 Å². The first-order chi connectivity index (χ1) is 9.13. The minimum atomic E-state index is -0.202. The molecular weight excluding hydrogens is 307 g/mol. The molecule has 19 heavy (non-hydrogen) atoms. The predicted molar refractivity (Wildman–Crippen MR) is 78.4 cm³/mol. The van der Waals surface area contributed by atoms with Gasteiger partial charge in [0.2, 0.25) is 0 Å². The molecule has 0 atom stereocenters. The standard InChI is InChI=1S/C15H16BrFN2/c1-19(7-4-12-2-5-18-6-3-12)11-13-8-14(16)10-15(17)9-13/h2-3,5-6,8-10H,4,7,11H2,1H3. The van der Waals surface area contributed by atoms with E-state index in [0.717, 1.165) is 29.5 Å². The molecule has 4 heteroatoms. The summed E-state index contributed by atoms with van der Waals surface area (Å²) in [5.74, 6) is -0.202. The highest BCUT2D eigenvalue weighted by atomic mass is 79.9. The highest BCUT2D eigenvalue weighted by molar-refractivity contribution is 9.10. The number of pyridine rings is 1. The zero-order valence-corrected chi connectivity index (χ0v) is 12.4. The van der Waals surface area contributed by atoms with Crippen LogP contribution in [0.15, 0.2) is 47.2 Å². The van der Waals surface area contributed by atoms with Gasteiger partial charge in [-0.1, -0.05) is 15.9 Å². The van der Waals surface area contributed by atoms with Crippen molar-refractivity contribution < 1.29 is 4.39 Å². The lowest BCUT2D eigenvalue weighted by Gasteiger charge is -2.17. The zero-order chi connectivity index (χ0) is 13.7. The van der Waals surface area contributed by atoms with Crippen LogP contribution in [0.2, 0.25) is 0 Å². The summed E-state index contributed by atoms with van der Waals surface area (Å²) in [4.78, 5) is 6.18. The summed E-state index contributed by atoms with van der Waals surface area (Å²) in [5.41, 5.74) is 2.24. The van der Waals surface area contributed by atoms with Crippen LogP contribution in [0.1, 0.15) is 11.1 Å². The summed E-state index contributed by atoms with van der Waals surface area (Å²) in [5, 5.41) is 0. The van der Waals surface area contributed by atoms with Crippen LogP contribution >= 0.6 is 15.9 Å². The molecule has 2 aromatic rings. The van der Waals surface area contributed by atoms with Crippen molar-refractivity contribution in [2.45, 2.75) is 13.0 Å². The van der Waals surface area contributed by atoms with Crippen molar-refractivity contribution in [3.63, 3.8) is 0 Å². The fourth-order valence-electron chi connectivity index (χ4n) is 1.96. The maximum Gasteiger partial charge on any atom is 0.124 e. The van der Waals surface area contributed by atoms with Crippen LogP contribution in [-0.4, -0.2) is 23.5 Å². The fourth-order valence-corrected chi connectivity index (χ4v) is 2.48. The molecule has 1 aromatic heterocycles. The van der Waals surface area contributed by atoms with Crippen molar-refractivity contribution in [3.8, 4) is 0 Å². The van der Waals surface area contributed by atoms with Gasteiger partial charge in [-0.05, 0) is 54.9 Å². The van der Waals surface area contributed by atoms with E-state index in [4.69, 9.17) is 0 Å². The van der Waals surface area contributed by atoms with E-state index in [-0.39, 0.29) is 5.82 Å². The number of nitrogens with zero attached hydrogens (tertiary/aromatic N) is 2. The fraction of sp³-hybridized carbons (Fsp3) is 0.267.